The Labute approximate surface area is 209 Å². The number of anilines is 1. The Hall–Kier alpha value is -2.76. The topological polar surface area (TPSA) is 164 Å². The molecule has 1 aromatic heterocycles. The number of ether oxygens (including phenoxy) is 2. The molecule has 1 aliphatic heterocycles. The number of aliphatic hydroxyl groups excluding tert-OH is 1. The molecule has 36 heavy (non-hydrogen) atoms. The number of rotatable bonds is 10. The van der Waals surface area contributed by atoms with Crippen molar-refractivity contribution < 1.29 is 33.0 Å². The molecule has 2 aromatic rings. The molecule has 0 spiro atoms. The van der Waals surface area contributed by atoms with Crippen molar-refractivity contribution in [2.75, 3.05) is 12.3 Å². The van der Waals surface area contributed by atoms with Crippen LogP contribution >= 0.6 is 7.75 Å². The Kier molecular flexibility index (Phi) is 8.58. The highest BCUT2D eigenvalue weighted by Gasteiger charge is 2.52. The normalized spacial score (nSPS) is 23.7. The van der Waals surface area contributed by atoms with Gasteiger partial charge >= 0.3 is 19.4 Å². The van der Waals surface area contributed by atoms with Crippen LogP contribution < -0.4 is 21.0 Å². The maximum absolute atomic E-state index is 13.7. The van der Waals surface area contributed by atoms with Crippen LogP contribution in [0.4, 0.5) is 5.82 Å². The summed E-state index contributed by atoms with van der Waals surface area (Å²) in [6, 6.07) is 8.70. The molecule has 4 N–H and O–H groups in total. The summed E-state index contributed by atoms with van der Waals surface area (Å²) < 4.78 is 37.3. The molecule has 1 fully saturated rings. The van der Waals surface area contributed by atoms with Crippen molar-refractivity contribution in [3.05, 3.63) is 53.1 Å². The Morgan fingerprint density at radius 3 is 2.56 bits per heavy atom. The number of benzene rings is 1. The molecule has 1 aliphatic rings. The molecular formula is C23H33N4O8P. The molecule has 0 bridgehead atoms. The Morgan fingerprint density at radius 2 is 1.94 bits per heavy atom. The highest BCUT2D eigenvalue weighted by Crippen LogP contribution is 2.48. The molecule has 198 valence electrons. The summed E-state index contributed by atoms with van der Waals surface area (Å²) in [6.07, 6.45) is -1.93. The zero-order valence-corrected chi connectivity index (χ0v) is 21.8. The lowest BCUT2D eigenvalue weighted by molar-refractivity contribution is -0.149. The third-order valence-electron chi connectivity index (χ3n) is 5.59. The predicted octanol–water partition coefficient (Wildman–Crippen LogP) is 2.24. The van der Waals surface area contributed by atoms with Crippen LogP contribution in [0.2, 0.25) is 0 Å². The van der Waals surface area contributed by atoms with Crippen molar-refractivity contribution in [1.29, 1.82) is 0 Å². The maximum atomic E-state index is 13.7. The molecule has 1 saturated heterocycles. The van der Waals surface area contributed by atoms with Crippen LogP contribution in [-0.2, 0) is 23.4 Å². The average molecular weight is 525 g/mol. The van der Waals surface area contributed by atoms with Gasteiger partial charge in [0.1, 0.15) is 29.9 Å². The molecule has 5 atom stereocenters. The quantitative estimate of drug-likeness (QED) is 0.308. The molecule has 13 heteroatoms. The van der Waals surface area contributed by atoms with E-state index in [9.17, 15) is 19.3 Å². The average Bonchev–Trinajstić information content (AvgIpc) is 3.01. The summed E-state index contributed by atoms with van der Waals surface area (Å²) in [5.41, 5.74) is 3.99. The van der Waals surface area contributed by atoms with Gasteiger partial charge in [0.15, 0.2) is 0 Å². The van der Waals surface area contributed by atoms with Crippen molar-refractivity contribution >= 4 is 19.5 Å². The van der Waals surface area contributed by atoms with E-state index in [1.165, 1.54) is 23.8 Å². The van der Waals surface area contributed by atoms with Crippen LogP contribution in [-0.4, -0.2) is 51.6 Å². The summed E-state index contributed by atoms with van der Waals surface area (Å²) in [7, 11) is -4.16. The Balaban J connectivity index is 1.79. The number of esters is 1. The van der Waals surface area contributed by atoms with Gasteiger partial charge in [0.05, 0.1) is 18.8 Å². The zero-order valence-electron chi connectivity index (χ0n) is 20.9. The number of nitrogens with two attached hydrogens (primary N) is 1. The van der Waals surface area contributed by atoms with E-state index in [-0.39, 0.29) is 24.3 Å². The molecule has 3 rings (SSSR count). The first-order chi connectivity index (χ1) is 16.8. The lowest BCUT2D eigenvalue weighted by Gasteiger charge is -2.29. The van der Waals surface area contributed by atoms with Crippen LogP contribution in [0.5, 0.6) is 5.75 Å². The fourth-order valence-corrected chi connectivity index (χ4v) is 5.21. The van der Waals surface area contributed by atoms with Crippen LogP contribution in [0.25, 0.3) is 0 Å². The van der Waals surface area contributed by atoms with Gasteiger partial charge in [-0.05, 0) is 39.0 Å². The number of nitrogens with zero attached hydrogens (tertiary/aromatic N) is 2. The first-order valence-corrected chi connectivity index (χ1v) is 13.0. The summed E-state index contributed by atoms with van der Waals surface area (Å²) in [5.74, 6) is -0.343. The van der Waals surface area contributed by atoms with Crippen molar-refractivity contribution in [1.82, 2.24) is 14.6 Å². The second kappa shape index (κ2) is 11.1. The minimum Gasteiger partial charge on any atom is -0.462 e. The van der Waals surface area contributed by atoms with Gasteiger partial charge < -0.3 is 24.8 Å². The SMILES string of the molecule is CC(C)OC(=O)C(C)NP(=O)(OCC1OC(n2ccc(N)nc2=O)C(C)(C)C1O)Oc1ccccc1. The molecule has 1 aromatic carbocycles. The van der Waals surface area contributed by atoms with Crippen molar-refractivity contribution in [2.24, 2.45) is 5.41 Å². The van der Waals surface area contributed by atoms with Gasteiger partial charge in [-0.15, -0.1) is 0 Å². The number of hydrogen-bond acceptors (Lipinski definition) is 10. The van der Waals surface area contributed by atoms with E-state index in [4.69, 9.17) is 24.3 Å². The van der Waals surface area contributed by atoms with Gasteiger partial charge in [-0.2, -0.15) is 10.1 Å². The summed E-state index contributed by atoms with van der Waals surface area (Å²) >= 11 is 0. The molecule has 0 amide bonds. The van der Waals surface area contributed by atoms with E-state index in [1.54, 1.807) is 58.0 Å². The largest absolute Gasteiger partial charge is 0.462 e. The number of carbonyl (C=O) groups is 1. The van der Waals surface area contributed by atoms with Gasteiger partial charge in [0.25, 0.3) is 0 Å². The summed E-state index contributed by atoms with van der Waals surface area (Å²) in [6.45, 7) is 7.91. The monoisotopic (exact) mass is 524 g/mol. The lowest BCUT2D eigenvalue weighted by atomic mass is 9.84. The number of nitrogens with one attached hydrogen (secondary N) is 1. The standard InChI is InChI=1S/C23H33N4O8P/c1-14(2)33-20(29)15(3)26-36(31,35-16-9-7-6-8-10-16)32-13-17-19(28)23(4,5)21(34-17)27-12-11-18(24)25-22(27)30/h6-12,14-15,17,19,21,28H,13H2,1-5H3,(H,26,31)(H2,24,25,30). The van der Waals surface area contributed by atoms with Crippen molar-refractivity contribution in [3.8, 4) is 5.75 Å². The molecule has 5 unspecified atom stereocenters. The van der Waals surface area contributed by atoms with Crippen LogP contribution in [0, 0.1) is 5.41 Å². The fourth-order valence-electron chi connectivity index (χ4n) is 3.71. The number of aromatic nitrogens is 2. The van der Waals surface area contributed by atoms with Crippen LogP contribution in [0.3, 0.4) is 0 Å². The van der Waals surface area contributed by atoms with Crippen molar-refractivity contribution in [2.45, 2.75) is 65.2 Å². The molecule has 2 heterocycles. The van der Waals surface area contributed by atoms with Gasteiger partial charge in [-0.25, -0.2) is 9.36 Å². The summed E-state index contributed by atoms with van der Waals surface area (Å²) in [5, 5.41) is 13.5. The number of hydrogen-bond donors (Lipinski definition) is 3. The van der Waals surface area contributed by atoms with E-state index < -0.39 is 49.3 Å². The minimum absolute atomic E-state index is 0.0580. The first-order valence-electron chi connectivity index (χ1n) is 11.5. The highest BCUT2D eigenvalue weighted by molar-refractivity contribution is 7.52. The number of aliphatic hydroxyl groups is 1. The van der Waals surface area contributed by atoms with Gasteiger partial charge in [-0.1, -0.05) is 32.0 Å². The van der Waals surface area contributed by atoms with E-state index in [2.05, 4.69) is 10.1 Å². The van der Waals surface area contributed by atoms with E-state index in [0.29, 0.717) is 0 Å². The molecule has 0 radical (unpaired) electrons. The highest BCUT2D eigenvalue weighted by atomic mass is 31.2. The number of para-hydroxylation sites is 1. The first kappa shape index (κ1) is 27.8. The smallest absolute Gasteiger partial charge is 0.459 e. The second-order valence-electron chi connectivity index (χ2n) is 9.37. The van der Waals surface area contributed by atoms with Crippen LogP contribution in [0.15, 0.2) is 47.4 Å². The van der Waals surface area contributed by atoms with Gasteiger partial charge in [-0.3, -0.25) is 13.9 Å². The van der Waals surface area contributed by atoms with E-state index in [0.717, 1.165) is 0 Å². The van der Waals surface area contributed by atoms with E-state index >= 15 is 0 Å². The third-order valence-corrected chi connectivity index (χ3v) is 7.24. The lowest BCUT2D eigenvalue weighted by Crippen LogP contribution is -2.39. The third kappa shape index (κ3) is 6.51. The minimum atomic E-state index is -4.16. The molecule has 0 saturated carbocycles. The van der Waals surface area contributed by atoms with Gasteiger partial charge in [0, 0.05) is 11.6 Å². The van der Waals surface area contributed by atoms with E-state index in [1.807, 2.05) is 0 Å². The summed E-state index contributed by atoms with van der Waals surface area (Å²) in [4.78, 5) is 28.4. The predicted molar refractivity (Wildman–Crippen MR) is 131 cm³/mol. The Morgan fingerprint density at radius 1 is 1.28 bits per heavy atom. The van der Waals surface area contributed by atoms with Crippen LogP contribution in [0.1, 0.15) is 40.8 Å². The fraction of sp³-hybridized carbons (Fsp3) is 0.522. The molecule has 12 nitrogen and oxygen atoms in total. The number of nitrogen functional groups attached to an aromatic ring is 1. The Bertz CT molecular complexity index is 1160. The van der Waals surface area contributed by atoms with Gasteiger partial charge in [0.2, 0.25) is 0 Å². The molecular weight excluding hydrogens is 491 g/mol. The number of carbonyl (C=O) groups excluding carboxylic acids is 1. The van der Waals surface area contributed by atoms with Crippen molar-refractivity contribution in [3.63, 3.8) is 0 Å². The maximum Gasteiger partial charge on any atom is 0.459 e. The second-order valence-corrected chi connectivity index (χ2v) is 11.1. The zero-order chi connectivity index (χ0) is 26.7. The molecule has 0 aliphatic carbocycles.